The molecule has 0 aliphatic heterocycles. The first-order valence-corrected chi connectivity index (χ1v) is 11.3. The maximum atomic E-state index is 12.5. The van der Waals surface area contributed by atoms with Gasteiger partial charge in [0.1, 0.15) is 23.1 Å². The molecule has 6 nitrogen and oxygen atoms in total. The fourth-order valence-electron chi connectivity index (χ4n) is 2.41. The van der Waals surface area contributed by atoms with Crippen LogP contribution in [0.4, 0.5) is 5.69 Å². The van der Waals surface area contributed by atoms with Crippen LogP contribution >= 0.6 is 11.3 Å². The molecule has 0 unspecified atom stereocenters. The number of aryl methyl sites for hydroxylation is 2. The number of benzene rings is 2. The third-order valence-corrected chi connectivity index (χ3v) is 5.99. The molecule has 0 spiro atoms. The molecule has 1 amide bonds. The third-order valence-electron chi connectivity index (χ3n) is 4.05. The summed E-state index contributed by atoms with van der Waals surface area (Å²) in [5.41, 5.74) is 2.62. The highest BCUT2D eigenvalue weighted by Gasteiger charge is 2.15. The van der Waals surface area contributed by atoms with E-state index in [9.17, 15) is 13.2 Å². The second kappa shape index (κ2) is 8.12. The zero-order valence-electron chi connectivity index (χ0n) is 15.7. The molecule has 0 aliphatic rings. The summed E-state index contributed by atoms with van der Waals surface area (Å²) in [5, 5.41) is 5.06. The lowest BCUT2D eigenvalue weighted by molar-refractivity contribution is 0.102. The molecule has 0 atom stereocenters. The molecule has 0 bridgehead atoms. The van der Waals surface area contributed by atoms with E-state index in [0.29, 0.717) is 10.7 Å². The minimum Gasteiger partial charge on any atom is -0.486 e. The molecule has 1 N–H and O–H groups in total. The van der Waals surface area contributed by atoms with Crippen LogP contribution in [0.1, 0.15) is 26.6 Å². The first-order valence-electron chi connectivity index (χ1n) is 8.48. The Kier molecular flexibility index (Phi) is 5.81. The van der Waals surface area contributed by atoms with Crippen LogP contribution in [-0.2, 0) is 16.4 Å². The highest BCUT2D eigenvalue weighted by Crippen LogP contribution is 2.22. The van der Waals surface area contributed by atoms with E-state index >= 15 is 0 Å². The van der Waals surface area contributed by atoms with E-state index in [0.717, 1.165) is 23.1 Å². The number of nitrogens with zero attached hydrogens (tertiary/aromatic N) is 1. The fraction of sp³-hybridized carbons (Fsp3) is 0.200. The van der Waals surface area contributed by atoms with Gasteiger partial charge in [-0.2, -0.15) is 0 Å². The first-order chi connectivity index (χ1) is 13.2. The van der Waals surface area contributed by atoms with Crippen LogP contribution in [0.3, 0.4) is 0 Å². The topological polar surface area (TPSA) is 85.4 Å². The normalized spacial score (nSPS) is 11.2. The van der Waals surface area contributed by atoms with E-state index in [2.05, 4.69) is 10.3 Å². The lowest BCUT2D eigenvalue weighted by Gasteiger charge is -2.09. The molecule has 8 heteroatoms. The molecule has 0 saturated heterocycles. The summed E-state index contributed by atoms with van der Waals surface area (Å²) in [5.74, 6) is 0.339. The SMILES string of the molecule is Cc1ccc(OCc2nc(C(=O)Nc3cc(S(C)(=O)=O)ccc3C)cs2)cc1. The van der Waals surface area contributed by atoms with Gasteiger partial charge in [0.05, 0.1) is 4.90 Å². The maximum absolute atomic E-state index is 12.5. The van der Waals surface area contributed by atoms with Crippen molar-refractivity contribution in [1.29, 1.82) is 0 Å². The number of hydrogen-bond acceptors (Lipinski definition) is 6. The Hall–Kier alpha value is -2.71. The molecule has 1 heterocycles. The summed E-state index contributed by atoms with van der Waals surface area (Å²) in [6.07, 6.45) is 1.13. The average molecular weight is 417 g/mol. The van der Waals surface area contributed by atoms with Crippen molar-refractivity contribution in [1.82, 2.24) is 4.98 Å². The monoisotopic (exact) mass is 416 g/mol. The molecule has 28 heavy (non-hydrogen) atoms. The lowest BCUT2D eigenvalue weighted by atomic mass is 10.2. The van der Waals surface area contributed by atoms with Crippen molar-refractivity contribution in [2.45, 2.75) is 25.3 Å². The molecule has 0 saturated carbocycles. The molecular weight excluding hydrogens is 396 g/mol. The molecule has 0 fully saturated rings. The Labute approximate surface area is 168 Å². The molecule has 1 aromatic heterocycles. The van der Waals surface area contributed by atoms with Crippen LogP contribution in [0, 0.1) is 13.8 Å². The van der Waals surface area contributed by atoms with Gasteiger partial charge in [0, 0.05) is 17.3 Å². The predicted octanol–water partition coefficient (Wildman–Crippen LogP) is 3.99. The van der Waals surface area contributed by atoms with Gasteiger partial charge in [-0.25, -0.2) is 13.4 Å². The number of aromatic nitrogens is 1. The Morgan fingerprint density at radius 1 is 1.14 bits per heavy atom. The highest BCUT2D eigenvalue weighted by molar-refractivity contribution is 7.90. The summed E-state index contributed by atoms with van der Waals surface area (Å²) >= 11 is 1.33. The van der Waals surface area contributed by atoms with Gasteiger partial charge in [-0.1, -0.05) is 23.8 Å². The number of ether oxygens (including phenoxy) is 1. The van der Waals surface area contributed by atoms with Gasteiger partial charge in [-0.05, 0) is 43.7 Å². The number of rotatable bonds is 6. The van der Waals surface area contributed by atoms with Crippen molar-refractivity contribution >= 4 is 32.8 Å². The van der Waals surface area contributed by atoms with E-state index < -0.39 is 15.7 Å². The standard InChI is InChI=1S/C20H20N2O4S2/c1-13-4-7-15(8-5-13)26-11-19-21-18(12-27-19)20(23)22-17-10-16(28(3,24)25)9-6-14(17)2/h4-10,12H,11H2,1-3H3,(H,22,23). The number of hydrogen-bond donors (Lipinski definition) is 1. The summed E-state index contributed by atoms with van der Waals surface area (Å²) in [6.45, 7) is 4.07. The van der Waals surface area contributed by atoms with Crippen molar-refractivity contribution < 1.29 is 17.9 Å². The van der Waals surface area contributed by atoms with E-state index in [1.165, 1.54) is 23.5 Å². The molecule has 2 aromatic carbocycles. The molecular formula is C20H20N2O4S2. The molecule has 3 aromatic rings. The number of nitrogens with one attached hydrogen (secondary N) is 1. The van der Waals surface area contributed by atoms with E-state index in [1.807, 2.05) is 31.2 Å². The predicted molar refractivity (Wildman–Crippen MR) is 110 cm³/mol. The molecule has 0 aliphatic carbocycles. The van der Waals surface area contributed by atoms with Crippen LogP contribution in [-0.4, -0.2) is 25.6 Å². The summed E-state index contributed by atoms with van der Waals surface area (Å²) < 4.78 is 29.1. The second-order valence-corrected chi connectivity index (χ2v) is 9.39. The van der Waals surface area contributed by atoms with Crippen molar-refractivity contribution in [3.8, 4) is 5.75 Å². The third kappa shape index (κ3) is 4.96. The number of sulfone groups is 1. The minimum atomic E-state index is -3.36. The van der Waals surface area contributed by atoms with Crippen LogP contribution in [0.15, 0.2) is 52.7 Å². The van der Waals surface area contributed by atoms with Crippen LogP contribution in [0.25, 0.3) is 0 Å². The fourth-order valence-corrected chi connectivity index (χ4v) is 3.75. The quantitative estimate of drug-likeness (QED) is 0.657. The van der Waals surface area contributed by atoms with Crippen molar-refractivity contribution in [2.75, 3.05) is 11.6 Å². The Bertz CT molecular complexity index is 1100. The van der Waals surface area contributed by atoms with Gasteiger partial charge in [0.15, 0.2) is 9.84 Å². The summed E-state index contributed by atoms with van der Waals surface area (Å²) in [6, 6.07) is 12.3. The van der Waals surface area contributed by atoms with Gasteiger partial charge < -0.3 is 10.1 Å². The smallest absolute Gasteiger partial charge is 0.275 e. The zero-order valence-corrected chi connectivity index (χ0v) is 17.4. The Morgan fingerprint density at radius 2 is 1.86 bits per heavy atom. The Balaban J connectivity index is 1.68. The maximum Gasteiger partial charge on any atom is 0.275 e. The van der Waals surface area contributed by atoms with Crippen LogP contribution in [0.2, 0.25) is 0 Å². The van der Waals surface area contributed by atoms with Gasteiger partial charge in [0.25, 0.3) is 5.91 Å². The molecule has 146 valence electrons. The molecule has 3 rings (SSSR count). The molecule has 0 radical (unpaired) electrons. The number of anilines is 1. The summed E-state index contributed by atoms with van der Waals surface area (Å²) in [7, 11) is -3.36. The lowest BCUT2D eigenvalue weighted by Crippen LogP contribution is -2.14. The van der Waals surface area contributed by atoms with Gasteiger partial charge in [0.2, 0.25) is 0 Å². The largest absolute Gasteiger partial charge is 0.486 e. The second-order valence-electron chi connectivity index (χ2n) is 6.43. The zero-order chi connectivity index (χ0) is 20.3. The number of thiazole rings is 1. The van der Waals surface area contributed by atoms with Crippen molar-refractivity contribution in [3.63, 3.8) is 0 Å². The summed E-state index contributed by atoms with van der Waals surface area (Å²) in [4.78, 5) is 16.9. The van der Waals surface area contributed by atoms with Crippen LogP contribution in [0.5, 0.6) is 5.75 Å². The van der Waals surface area contributed by atoms with Crippen molar-refractivity contribution in [2.24, 2.45) is 0 Å². The van der Waals surface area contributed by atoms with E-state index in [1.54, 1.807) is 18.4 Å². The van der Waals surface area contributed by atoms with Gasteiger partial charge in [-0.3, -0.25) is 4.79 Å². The van der Waals surface area contributed by atoms with E-state index in [-0.39, 0.29) is 17.2 Å². The Morgan fingerprint density at radius 3 is 2.54 bits per heavy atom. The average Bonchev–Trinajstić information content (AvgIpc) is 3.11. The van der Waals surface area contributed by atoms with Crippen molar-refractivity contribution in [3.05, 3.63) is 69.7 Å². The number of carbonyl (C=O) groups excluding carboxylic acids is 1. The van der Waals surface area contributed by atoms with Crippen LogP contribution < -0.4 is 10.1 Å². The van der Waals surface area contributed by atoms with E-state index in [4.69, 9.17) is 4.74 Å². The number of amides is 1. The minimum absolute atomic E-state index is 0.152. The van der Waals surface area contributed by atoms with Gasteiger partial charge >= 0.3 is 0 Å². The highest BCUT2D eigenvalue weighted by atomic mass is 32.2. The van der Waals surface area contributed by atoms with Gasteiger partial charge in [-0.15, -0.1) is 11.3 Å². The first kappa shape index (κ1) is 20.0. The number of carbonyl (C=O) groups is 1.